The third-order valence-electron chi connectivity index (χ3n) is 2.95. The maximum Gasteiger partial charge on any atom is 0.115 e. The van der Waals surface area contributed by atoms with Crippen molar-refractivity contribution in [3.8, 4) is 5.75 Å². The van der Waals surface area contributed by atoms with Gasteiger partial charge in [-0.2, -0.15) is 0 Å². The molecule has 0 saturated heterocycles. The Hall–Kier alpha value is -2.09. The lowest BCUT2D eigenvalue weighted by atomic mass is 10.1. The van der Waals surface area contributed by atoms with Gasteiger partial charge < -0.3 is 5.11 Å². The molecule has 1 unspecified atom stereocenters. The summed E-state index contributed by atoms with van der Waals surface area (Å²) < 4.78 is 0. The first-order valence-electron chi connectivity index (χ1n) is 6.05. The van der Waals surface area contributed by atoms with Gasteiger partial charge >= 0.3 is 0 Å². The molecule has 0 aliphatic heterocycles. The lowest BCUT2D eigenvalue weighted by molar-refractivity contribution is 0.475. The van der Waals surface area contributed by atoms with Crippen molar-refractivity contribution < 1.29 is 5.11 Å². The van der Waals surface area contributed by atoms with E-state index >= 15 is 0 Å². The Labute approximate surface area is 108 Å². The molecule has 2 aromatic carbocycles. The van der Waals surface area contributed by atoms with Crippen LogP contribution in [-0.4, -0.2) is 10.8 Å². The zero-order chi connectivity index (χ0) is 13.0. The molecule has 2 aromatic rings. The number of hydrogen-bond donors (Lipinski definition) is 1. The van der Waals surface area contributed by atoms with Crippen molar-refractivity contribution >= 4 is 5.71 Å². The first-order valence-corrected chi connectivity index (χ1v) is 6.05. The predicted molar refractivity (Wildman–Crippen MR) is 75.2 cm³/mol. The molecular formula is C16H17NO. The fourth-order valence-corrected chi connectivity index (χ4v) is 1.87. The quantitative estimate of drug-likeness (QED) is 0.808. The van der Waals surface area contributed by atoms with Gasteiger partial charge in [0.05, 0.1) is 6.04 Å². The summed E-state index contributed by atoms with van der Waals surface area (Å²) in [7, 11) is 0. The maximum atomic E-state index is 9.26. The molecule has 0 bridgehead atoms. The highest BCUT2D eigenvalue weighted by Crippen LogP contribution is 2.18. The van der Waals surface area contributed by atoms with Gasteiger partial charge in [-0.05, 0) is 49.2 Å². The minimum atomic E-state index is 0.139. The SMILES string of the molecule is C/C(=N\C(C)c1ccccc1)c1ccc(O)cc1. The van der Waals surface area contributed by atoms with Crippen molar-refractivity contribution in [3.63, 3.8) is 0 Å². The second-order valence-corrected chi connectivity index (χ2v) is 4.35. The molecule has 18 heavy (non-hydrogen) atoms. The summed E-state index contributed by atoms with van der Waals surface area (Å²) in [6, 6.07) is 17.5. The number of nitrogens with zero attached hydrogens (tertiary/aromatic N) is 1. The van der Waals surface area contributed by atoms with Gasteiger partial charge in [-0.25, -0.2) is 0 Å². The molecule has 92 valence electrons. The molecule has 2 rings (SSSR count). The second kappa shape index (κ2) is 5.50. The monoisotopic (exact) mass is 239 g/mol. The molecule has 2 nitrogen and oxygen atoms in total. The van der Waals surface area contributed by atoms with Crippen LogP contribution in [0.25, 0.3) is 0 Å². The van der Waals surface area contributed by atoms with E-state index in [2.05, 4.69) is 24.0 Å². The average molecular weight is 239 g/mol. The van der Waals surface area contributed by atoms with Crippen molar-refractivity contribution in [2.75, 3.05) is 0 Å². The Morgan fingerprint density at radius 2 is 1.61 bits per heavy atom. The van der Waals surface area contributed by atoms with E-state index in [4.69, 9.17) is 0 Å². The minimum Gasteiger partial charge on any atom is -0.508 e. The number of phenols is 1. The van der Waals surface area contributed by atoms with Crippen molar-refractivity contribution in [2.45, 2.75) is 19.9 Å². The molecule has 0 fully saturated rings. The maximum absolute atomic E-state index is 9.26. The van der Waals surface area contributed by atoms with Crippen LogP contribution in [0.1, 0.15) is 31.0 Å². The topological polar surface area (TPSA) is 32.6 Å². The Balaban J connectivity index is 2.20. The summed E-state index contributed by atoms with van der Waals surface area (Å²) in [5.74, 6) is 0.280. The molecule has 1 N–H and O–H groups in total. The first-order chi connectivity index (χ1) is 8.66. The highest BCUT2D eigenvalue weighted by molar-refractivity contribution is 5.98. The highest BCUT2D eigenvalue weighted by atomic mass is 16.3. The molecule has 1 atom stereocenters. The number of aromatic hydroxyl groups is 1. The van der Waals surface area contributed by atoms with Gasteiger partial charge in [0.25, 0.3) is 0 Å². The zero-order valence-corrected chi connectivity index (χ0v) is 10.7. The van der Waals surface area contributed by atoms with Gasteiger partial charge in [0.15, 0.2) is 0 Å². The van der Waals surface area contributed by atoms with Crippen LogP contribution in [-0.2, 0) is 0 Å². The van der Waals surface area contributed by atoms with E-state index in [9.17, 15) is 5.11 Å². The number of rotatable bonds is 3. The summed E-state index contributed by atoms with van der Waals surface area (Å²) >= 11 is 0. The molecule has 0 aliphatic rings. The van der Waals surface area contributed by atoms with E-state index in [1.807, 2.05) is 37.3 Å². The standard InChI is InChI=1S/C16H17NO/c1-12(14-6-4-3-5-7-14)17-13(2)15-8-10-16(18)11-9-15/h3-12,18H,1-2H3/b17-13+. The van der Waals surface area contributed by atoms with Gasteiger partial charge in [0.2, 0.25) is 0 Å². The first kappa shape index (κ1) is 12.4. The molecule has 2 heteroatoms. The zero-order valence-electron chi connectivity index (χ0n) is 10.7. The Morgan fingerprint density at radius 3 is 2.22 bits per heavy atom. The van der Waals surface area contributed by atoms with Gasteiger partial charge in [-0.3, -0.25) is 4.99 Å². The van der Waals surface area contributed by atoms with Crippen molar-refractivity contribution in [3.05, 3.63) is 65.7 Å². The van der Waals surface area contributed by atoms with E-state index in [0.717, 1.165) is 11.3 Å². The normalized spacial score (nSPS) is 13.3. The fourth-order valence-electron chi connectivity index (χ4n) is 1.87. The summed E-state index contributed by atoms with van der Waals surface area (Å²) in [5, 5.41) is 9.26. The van der Waals surface area contributed by atoms with Crippen LogP contribution in [0.5, 0.6) is 5.75 Å². The van der Waals surface area contributed by atoms with Crippen LogP contribution < -0.4 is 0 Å². The summed E-state index contributed by atoms with van der Waals surface area (Å²) in [5.41, 5.74) is 3.22. The van der Waals surface area contributed by atoms with E-state index in [1.54, 1.807) is 12.1 Å². The number of benzene rings is 2. The lowest BCUT2D eigenvalue weighted by Gasteiger charge is -2.09. The molecule has 0 aliphatic carbocycles. The number of hydrogen-bond acceptors (Lipinski definition) is 2. The predicted octanol–water partition coefficient (Wildman–Crippen LogP) is 3.96. The molecule has 0 spiro atoms. The Morgan fingerprint density at radius 1 is 1.00 bits per heavy atom. The van der Waals surface area contributed by atoms with Crippen LogP contribution >= 0.6 is 0 Å². The molecule has 0 saturated carbocycles. The van der Waals surface area contributed by atoms with Gasteiger partial charge in [-0.1, -0.05) is 30.3 Å². The summed E-state index contributed by atoms with van der Waals surface area (Å²) in [6.07, 6.45) is 0. The van der Waals surface area contributed by atoms with E-state index < -0.39 is 0 Å². The fraction of sp³-hybridized carbons (Fsp3) is 0.188. The smallest absolute Gasteiger partial charge is 0.115 e. The third-order valence-corrected chi connectivity index (χ3v) is 2.95. The van der Waals surface area contributed by atoms with Crippen LogP contribution in [0, 0.1) is 0 Å². The van der Waals surface area contributed by atoms with E-state index in [-0.39, 0.29) is 11.8 Å². The Kier molecular flexibility index (Phi) is 3.78. The summed E-state index contributed by atoms with van der Waals surface area (Å²) in [4.78, 5) is 4.68. The van der Waals surface area contributed by atoms with Crippen molar-refractivity contribution in [2.24, 2.45) is 4.99 Å². The third kappa shape index (κ3) is 2.98. The number of aliphatic imine (C=N–C) groups is 1. The average Bonchev–Trinajstić information content (AvgIpc) is 2.40. The second-order valence-electron chi connectivity index (χ2n) is 4.35. The van der Waals surface area contributed by atoms with Crippen molar-refractivity contribution in [1.82, 2.24) is 0 Å². The molecule has 0 amide bonds. The molecule has 0 heterocycles. The van der Waals surface area contributed by atoms with Gasteiger partial charge in [0, 0.05) is 5.71 Å². The van der Waals surface area contributed by atoms with Crippen LogP contribution in [0.3, 0.4) is 0 Å². The molecular weight excluding hydrogens is 222 g/mol. The molecule has 0 radical (unpaired) electrons. The van der Waals surface area contributed by atoms with Gasteiger partial charge in [0.1, 0.15) is 5.75 Å². The largest absolute Gasteiger partial charge is 0.508 e. The van der Waals surface area contributed by atoms with Gasteiger partial charge in [-0.15, -0.1) is 0 Å². The van der Waals surface area contributed by atoms with Crippen molar-refractivity contribution in [1.29, 1.82) is 0 Å². The highest BCUT2D eigenvalue weighted by Gasteiger charge is 2.04. The van der Waals surface area contributed by atoms with Crippen LogP contribution in [0.15, 0.2) is 59.6 Å². The minimum absolute atomic E-state index is 0.139. The lowest BCUT2D eigenvalue weighted by Crippen LogP contribution is -1.98. The number of phenolic OH excluding ortho intramolecular Hbond substituents is 1. The van der Waals surface area contributed by atoms with Crippen LogP contribution in [0.2, 0.25) is 0 Å². The van der Waals surface area contributed by atoms with Crippen LogP contribution in [0.4, 0.5) is 0 Å². The molecule has 0 aromatic heterocycles. The summed E-state index contributed by atoms with van der Waals surface area (Å²) in [6.45, 7) is 4.07. The van der Waals surface area contributed by atoms with E-state index in [1.165, 1.54) is 5.56 Å². The Bertz CT molecular complexity index is 529. The van der Waals surface area contributed by atoms with E-state index in [0.29, 0.717) is 0 Å².